The molecule has 36 heavy (non-hydrogen) atoms. The Morgan fingerprint density at radius 1 is 1.19 bits per heavy atom. The lowest BCUT2D eigenvalue weighted by atomic mass is 10.1. The van der Waals surface area contributed by atoms with Gasteiger partial charge in [-0.05, 0) is 12.1 Å². The lowest BCUT2D eigenvalue weighted by Crippen LogP contribution is -2.35. The van der Waals surface area contributed by atoms with E-state index in [1.165, 1.54) is 20.3 Å². The minimum absolute atomic E-state index is 0.0229. The molecule has 2 aromatic heterocycles. The molecule has 1 aromatic carbocycles. The number of morpholine rings is 1. The maximum atomic E-state index is 12.7. The average molecular weight is 502 g/mol. The number of hydrogen-bond acceptors (Lipinski definition) is 12. The largest absolute Gasteiger partial charge is 0.494 e. The molecule has 0 spiro atoms. The quantitative estimate of drug-likeness (QED) is 0.409. The smallest absolute Gasteiger partial charge is 0.412 e. The highest BCUT2D eigenvalue weighted by Gasteiger charge is 2.21. The lowest BCUT2D eigenvalue weighted by Gasteiger charge is -2.24. The van der Waals surface area contributed by atoms with Crippen LogP contribution in [0.15, 0.2) is 28.8 Å². The predicted octanol–water partition coefficient (Wildman–Crippen LogP) is 1.65. The van der Waals surface area contributed by atoms with Gasteiger partial charge in [0.15, 0.2) is 17.3 Å². The molecular formula is C22H26N8O6. The number of para-hydroxylation sites is 1. The van der Waals surface area contributed by atoms with Gasteiger partial charge >= 0.3 is 6.09 Å². The fourth-order valence-electron chi connectivity index (χ4n) is 3.49. The van der Waals surface area contributed by atoms with Gasteiger partial charge in [-0.2, -0.15) is 4.98 Å². The molecule has 1 fully saturated rings. The zero-order valence-corrected chi connectivity index (χ0v) is 19.5. The first-order valence-corrected chi connectivity index (χ1v) is 10.8. The van der Waals surface area contributed by atoms with Crippen molar-refractivity contribution >= 4 is 29.2 Å². The minimum Gasteiger partial charge on any atom is -0.494 e. The molecule has 0 aliphatic carbocycles. The number of rotatable bonds is 8. The fourth-order valence-corrected chi connectivity index (χ4v) is 3.49. The van der Waals surface area contributed by atoms with Gasteiger partial charge in [-0.1, -0.05) is 11.2 Å². The van der Waals surface area contributed by atoms with E-state index in [1.807, 2.05) is 5.32 Å². The molecule has 190 valence electrons. The maximum absolute atomic E-state index is 12.7. The molecule has 3 aromatic rings. The van der Waals surface area contributed by atoms with Crippen molar-refractivity contribution in [2.75, 3.05) is 58.1 Å². The minimum atomic E-state index is -2.77. The van der Waals surface area contributed by atoms with E-state index in [9.17, 15) is 9.59 Å². The summed E-state index contributed by atoms with van der Waals surface area (Å²) in [6, 6.07) is 6.36. The van der Waals surface area contributed by atoms with Crippen LogP contribution in [0.2, 0.25) is 0 Å². The van der Waals surface area contributed by atoms with Crippen molar-refractivity contribution in [1.82, 2.24) is 30.6 Å². The SMILES string of the molecule is [2H]C([2H])([2H])NC(=O)c1nnc(NC(=O)OC)cc1Nc1cccc(-c2noc(CN3CCOCC3)n2)c1OC. The van der Waals surface area contributed by atoms with E-state index in [0.29, 0.717) is 42.6 Å². The van der Waals surface area contributed by atoms with Crippen LogP contribution in [0.5, 0.6) is 5.75 Å². The number of carbonyl (C=O) groups excluding carboxylic acids is 2. The molecule has 0 saturated carbocycles. The molecule has 0 radical (unpaired) electrons. The van der Waals surface area contributed by atoms with Crippen LogP contribution in [0.25, 0.3) is 11.4 Å². The van der Waals surface area contributed by atoms with Crippen LogP contribution in [0.3, 0.4) is 0 Å². The first kappa shape index (κ1) is 21.0. The third kappa shape index (κ3) is 5.67. The van der Waals surface area contributed by atoms with E-state index >= 15 is 0 Å². The highest BCUT2D eigenvalue weighted by molar-refractivity contribution is 5.99. The molecule has 4 rings (SSSR count). The summed E-state index contributed by atoms with van der Waals surface area (Å²) in [7, 11) is 2.61. The lowest BCUT2D eigenvalue weighted by molar-refractivity contribution is 0.0297. The van der Waals surface area contributed by atoms with Crippen molar-refractivity contribution in [2.24, 2.45) is 0 Å². The van der Waals surface area contributed by atoms with Crippen LogP contribution in [-0.4, -0.2) is 84.7 Å². The molecule has 14 heteroatoms. The normalized spacial score (nSPS) is 15.2. The average Bonchev–Trinajstić information content (AvgIpc) is 3.36. The first-order chi connectivity index (χ1) is 18.7. The van der Waals surface area contributed by atoms with Crippen molar-refractivity contribution in [3.05, 3.63) is 35.9 Å². The standard InChI is InChI=1S/C22H26N8O6/c1-23-21(31)18-15(11-16(27-28-18)25-22(32)34-3)24-14-6-4-5-13(19(14)33-2)20-26-17(36-29-20)12-30-7-9-35-10-8-30/h4-6,11H,7-10,12H2,1-3H3,(H,23,31)(H2,24,25,27,32)/i1D3. The molecular weight excluding hydrogens is 472 g/mol. The van der Waals surface area contributed by atoms with E-state index in [2.05, 4.69) is 40.6 Å². The van der Waals surface area contributed by atoms with E-state index in [4.69, 9.17) is 18.1 Å². The summed E-state index contributed by atoms with van der Waals surface area (Å²) in [5.41, 5.74) is 0.522. The van der Waals surface area contributed by atoms with Crippen molar-refractivity contribution in [3.8, 4) is 17.1 Å². The number of nitrogens with zero attached hydrogens (tertiary/aromatic N) is 5. The van der Waals surface area contributed by atoms with Crippen molar-refractivity contribution in [2.45, 2.75) is 6.54 Å². The summed E-state index contributed by atoms with van der Waals surface area (Å²) in [6.45, 7) is 0.479. The number of methoxy groups -OCH3 is 2. The molecule has 0 atom stereocenters. The molecule has 3 N–H and O–H groups in total. The highest BCUT2D eigenvalue weighted by Crippen LogP contribution is 2.37. The third-order valence-electron chi connectivity index (χ3n) is 5.20. The van der Waals surface area contributed by atoms with Crippen LogP contribution in [0, 0.1) is 0 Å². The maximum Gasteiger partial charge on any atom is 0.412 e. The number of hydrogen-bond donors (Lipinski definition) is 3. The molecule has 0 bridgehead atoms. The van der Waals surface area contributed by atoms with Gasteiger partial charge in [-0.15, -0.1) is 10.2 Å². The summed E-state index contributed by atoms with van der Waals surface area (Å²) in [4.78, 5) is 31.0. The number of benzene rings is 1. The second-order valence-electron chi connectivity index (χ2n) is 7.47. The van der Waals surface area contributed by atoms with Crippen molar-refractivity contribution in [3.63, 3.8) is 0 Å². The molecule has 3 heterocycles. The van der Waals surface area contributed by atoms with Crippen LogP contribution < -0.4 is 20.7 Å². The van der Waals surface area contributed by atoms with Gasteiger partial charge in [0.2, 0.25) is 11.7 Å². The van der Waals surface area contributed by atoms with Crippen molar-refractivity contribution in [1.29, 1.82) is 0 Å². The number of aromatic nitrogens is 4. The summed E-state index contributed by atoms with van der Waals surface area (Å²) in [6.07, 6.45) is -0.820. The highest BCUT2D eigenvalue weighted by atomic mass is 16.5. The van der Waals surface area contributed by atoms with E-state index < -0.39 is 19.0 Å². The van der Waals surface area contributed by atoms with E-state index in [1.54, 1.807) is 18.2 Å². The molecule has 1 aliphatic rings. The molecule has 2 amide bonds. The Morgan fingerprint density at radius 3 is 2.78 bits per heavy atom. The fraction of sp³-hybridized carbons (Fsp3) is 0.364. The van der Waals surface area contributed by atoms with Gasteiger partial charge in [0.25, 0.3) is 5.91 Å². The van der Waals surface area contributed by atoms with Crippen LogP contribution in [0.1, 0.15) is 20.5 Å². The Hall–Kier alpha value is -4.30. The predicted molar refractivity (Wildman–Crippen MR) is 127 cm³/mol. The summed E-state index contributed by atoms with van der Waals surface area (Å²) >= 11 is 0. The number of nitrogens with one attached hydrogen (secondary N) is 3. The van der Waals surface area contributed by atoms with Crippen LogP contribution in [0.4, 0.5) is 22.0 Å². The number of carbonyl (C=O) groups is 2. The summed E-state index contributed by atoms with van der Waals surface area (Å²) < 4.78 is 43.0. The number of amides is 2. The summed E-state index contributed by atoms with van der Waals surface area (Å²) in [5.74, 6) is -0.0722. The zero-order chi connectivity index (χ0) is 28.0. The molecule has 14 nitrogen and oxygen atoms in total. The van der Waals surface area contributed by atoms with E-state index in [-0.39, 0.29) is 23.0 Å². The number of anilines is 3. The second-order valence-corrected chi connectivity index (χ2v) is 7.47. The Balaban J connectivity index is 1.65. The number of ether oxygens (including phenoxy) is 3. The molecule has 1 saturated heterocycles. The third-order valence-corrected chi connectivity index (χ3v) is 5.20. The Bertz CT molecular complexity index is 1330. The van der Waals surface area contributed by atoms with Crippen LogP contribution >= 0.6 is 0 Å². The van der Waals surface area contributed by atoms with Crippen molar-refractivity contribution < 1.29 is 32.4 Å². The Kier molecular flexibility index (Phi) is 6.67. The Morgan fingerprint density at radius 2 is 2.03 bits per heavy atom. The molecule has 1 aliphatic heterocycles. The monoisotopic (exact) mass is 501 g/mol. The zero-order valence-electron chi connectivity index (χ0n) is 22.5. The van der Waals surface area contributed by atoms with Gasteiger partial charge in [0.1, 0.15) is 0 Å². The first-order valence-electron chi connectivity index (χ1n) is 12.3. The topological polar surface area (TPSA) is 166 Å². The van der Waals surface area contributed by atoms with Crippen LogP contribution in [-0.2, 0) is 16.0 Å². The van der Waals surface area contributed by atoms with E-state index in [0.717, 1.165) is 13.1 Å². The van der Waals surface area contributed by atoms with Gasteiger partial charge in [-0.25, -0.2) is 4.79 Å². The van der Waals surface area contributed by atoms with Gasteiger partial charge in [0, 0.05) is 30.2 Å². The summed E-state index contributed by atoms with van der Waals surface area (Å²) in [5, 5.41) is 18.9. The molecule has 0 unspecified atom stereocenters. The van der Waals surface area contributed by atoms with Gasteiger partial charge < -0.3 is 29.4 Å². The Labute approximate surface area is 210 Å². The van der Waals surface area contributed by atoms with Gasteiger partial charge in [0.05, 0.1) is 50.9 Å². The second kappa shape index (κ2) is 11.4. The van der Waals surface area contributed by atoms with Gasteiger partial charge in [-0.3, -0.25) is 15.0 Å².